The molecule has 0 bridgehead atoms. The molecule has 0 aliphatic carbocycles. The van der Waals surface area contributed by atoms with Gasteiger partial charge in [0.2, 0.25) is 0 Å². The lowest BCUT2D eigenvalue weighted by Gasteiger charge is -2.18. The maximum atomic E-state index is 13.0. The summed E-state index contributed by atoms with van der Waals surface area (Å²) in [5.74, 6) is 0. The van der Waals surface area contributed by atoms with Crippen LogP contribution in [-0.2, 0) is 6.54 Å². The molecule has 0 spiro atoms. The Morgan fingerprint density at radius 1 is 0.931 bits per heavy atom. The van der Waals surface area contributed by atoms with Gasteiger partial charge in [-0.1, -0.05) is 47.5 Å². The van der Waals surface area contributed by atoms with Gasteiger partial charge in [0.15, 0.2) is 0 Å². The highest BCUT2D eigenvalue weighted by molar-refractivity contribution is 5.65. The van der Waals surface area contributed by atoms with Crippen molar-refractivity contribution in [2.24, 2.45) is 0 Å². The van der Waals surface area contributed by atoms with Crippen LogP contribution in [0.3, 0.4) is 0 Å². The third-order valence-corrected chi connectivity index (χ3v) is 5.39. The van der Waals surface area contributed by atoms with Crippen molar-refractivity contribution in [3.05, 3.63) is 93.0 Å². The van der Waals surface area contributed by atoms with Crippen LogP contribution >= 0.6 is 0 Å². The average molecular weight is 387 g/mol. The summed E-state index contributed by atoms with van der Waals surface area (Å²) in [5, 5.41) is 15.4. The third-order valence-electron chi connectivity index (χ3n) is 5.39. The molecule has 4 aromatic rings. The first-order valence-corrected chi connectivity index (χ1v) is 9.75. The van der Waals surface area contributed by atoms with E-state index in [0.29, 0.717) is 5.52 Å². The van der Waals surface area contributed by atoms with Crippen LogP contribution in [0.4, 0.5) is 0 Å². The molecule has 5 heteroatoms. The molecule has 4 rings (SSSR count). The second kappa shape index (κ2) is 7.33. The summed E-state index contributed by atoms with van der Waals surface area (Å²) >= 11 is 0. The van der Waals surface area contributed by atoms with Crippen LogP contribution in [-0.4, -0.2) is 19.3 Å². The Labute approximate surface area is 169 Å². The largest absolute Gasteiger partial charge is 0.387 e. The number of aliphatic hydroxyl groups is 1. The topological polar surface area (TPSA) is 59.5 Å². The first-order valence-electron chi connectivity index (χ1n) is 9.75. The normalized spacial score (nSPS) is 12.4. The minimum Gasteiger partial charge on any atom is -0.387 e. The number of rotatable bonds is 4. The Hall–Kier alpha value is -3.18. The standard InChI is InChI=1S/C24H25N3O2/c1-15-5-7-19(8-6-15)20-13-21-24(29)26(9-10-27(21)25-20)14-22(28)23-17(3)11-16(2)12-18(23)4/h5-13,22,28H,14H2,1-4H3. The monoisotopic (exact) mass is 387 g/mol. The first-order chi connectivity index (χ1) is 13.8. The van der Waals surface area contributed by atoms with E-state index in [1.54, 1.807) is 27.5 Å². The Morgan fingerprint density at radius 2 is 1.59 bits per heavy atom. The van der Waals surface area contributed by atoms with Crippen molar-refractivity contribution in [2.75, 3.05) is 0 Å². The number of benzene rings is 2. The van der Waals surface area contributed by atoms with Crippen LogP contribution < -0.4 is 5.56 Å². The fraction of sp³-hybridized carbons (Fsp3) is 0.250. The molecule has 2 heterocycles. The number of hydrogen-bond donors (Lipinski definition) is 1. The van der Waals surface area contributed by atoms with Crippen LogP contribution in [0, 0.1) is 27.7 Å². The third kappa shape index (κ3) is 3.61. The second-order valence-electron chi connectivity index (χ2n) is 7.81. The Kier molecular flexibility index (Phi) is 4.84. The van der Waals surface area contributed by atoms with Crippen molar-refractivity contribution < 1.29 is 5.11 Å². The summed E-state index contributed by atoms with van der Waals surface area (Å²) in [5.41, 5.74) is 7.35. The van der Waals surface area contributed by atoms with E-state index in [4.69, 9.17) is 0 Å². The summed E-state index contributed by atoms with van der Waals surface area (Å²) in [6, 6.07) is 14.0. The van der Waals surface area contributed by atoms with Crippen molar-refractivity contribution in [1.29, 1.82) is 0 Å². The van der Waals surface area contributed by atoms with Gasteiger partial charge < -0.3 is 9.67 Å². The highest BCUT2D eigenvalue weighted by Gasteiger charge is 2.16. The van der Waals surface area contributed by atoms with Crippen LogP contribution in [0.15, 0.2) is 59.7 Å². The van der Waals surface area contributed by atoms with Crippen molar-refractivity contribution in [3.63, 3.8) is 0 Å². The Bertz CT molecular complexity index is 1230. The summed E-state index contributed by atoms with van der Waals surface area (Å²) < 4.78 is 3.15. The van der Waals surface area contributed by atoms with E-state index >= 15 is 0 Å². The lowest BCUT2D eigenvalue weighted by molar-refractivity contribution is 0.153. The maximum absolute atomic E-state index is 13.0. The molecule has 1 unspecified atom stereocenters. The van der Waals surface area contributed by atoms with E-state index in [9.17, 15) is 9.90 Å². The van der Waals surface area contributed by atoms with Gasteiger partial charge in [-0.25, -0.2) is 4.52 Å². The predicted molar refractivity (Wildman–Crippen MR) is 115 cm³/mol. The number of hydrogen-bond acceptors (Lipinski definition) is 3. The molecule has 148 valence electrons. The molecule has 0 saturated carbocycles. The smallest absolute Gasteiger partial charge is 0.276 e. The van der Waals surface area contributed by atoms with Gasteiger partial charge in [0.1, 0.15) is 5.52 Å². The zero-order valence-electron chi connectivity index (χ0n) is 17.2. The zero-order chi connectivity index (χ0) is 20.7. The van der Waals surface area contributed by atoms with E-state index in [1.807, 2.05) is 52.0 Å². The highest BCUT2D eigenvalue weighted by Crippen LogP contribution is 2.25. The number of aryl methyl sites for hydroxylation is 4. The summed E-state index contributed by atoms with van der Waals surface area (Å²) in [6.45, 7) is 8.27. The Balaban J connectivity index is 1.69. The van der Waals surface area contributed by atoms with E-state index in [-0.39, 0.29) is 12.1 Å². The molecule has 2 aromatic heterocycles. The van der Waals surface area contributed by atoms with Crippen LogP contribution in [0.25, 0.3) is 16.8 Å². The summed E-state index contributed by atoms with van der Waals surface area (Å²) in [7, 11) is 0. The van der Waals surface area contributed by atoms with Crippen molar-refractivity contribution in [2.45, 2.75) is 40.3 Å². The molecule has 0 aliphatic heterocycles. The molecule has 2 aromatic carbocycles. The molecule has 1 N–H and O–H groups in total. The summed E-state index contributed by atoms with van der Waals surface area (Å²) in [4.78, 5) is 13.0. The number of nitrogens with zero attached hydrogens (tertiary/aromatic N) is 3. The quantitative estimate of drug-likeness (QED) is 0.573. The second-order valence-corrected chi connectivity index (χ2v) is 7.81. The average Bonchev–Trinajstić information content (AvgIpc) is 3.09. The van der Waals surface area contributed by atoms with E-state index in [1.165, 1.54) is 5.56 Å². The molecule has 0 fully saturated rings. The van der Waals surface area contributed by atoms with Gasteiger partial charge in [-0.15, -0.1) is 0 Å². The highest BCUT2D eigenvalue weighted by atomic mass is 16.3. The van der Waals surface area contributed by atoms with E-state index in [2.05, 4.69) is 17.2 Å². The van der Waals surface area contributed by atoms with Gasteiger partial charge in [0.05, 0.1) is 18.3 Å². The molecule has 0 saturated heterocycles. The zero-order valence-corrected chi connectivity index (χ0v) is 17.2. The summed E-state index contributed by atoms with van der Waals surface area (Å²) in [6.07, 6.45) is 2.69. The SMILES string of the molecule is Cc1ccc(-c2cc3c(=O)n(CC(O)c4c(C)cc(C)cc4C)ccn3n2)cc1. The van der Waals surface area contributed by atoms with Crippen LogP contribution in [0.2, 0.25) is 0 Å². The minimum atomic E-state index is -0.754. The molecular formula is C24H25N3O2. The lowest BCUT2D eigenvalue weighted by atomic mass is 9.95. The molecule has 29 heavy (non-hydrogen) atoms. The minimum absolute atomic E-state index is 0.167. The molecule has 0 radical (unpaired) electrons. The molecular weight excluding hydrogens is 362 g/mol. The number of aliphatic hydroxyl groups excluding tert-OH is 1. The van der Waals surface area contributed by atoms with Gasteiger partial charge in [0.25, 0.3) is 5.56 Å². The molecule has 0 amide bonds. The number of fused-ring (bicyclic) bond motifs is 1. The van der Waals surface area contributed by atoms with Crippen LogP contribution in [0.1, 0.15) is 33.9 Å². The van der Waals surface area contributed by atoms with Gasteiger partial charge in [-0.05, 0) is 50.5 Å². The molecule has 5 nitrogen and oxygen atoms in total. The van der Waals surface area contributed by atoms with Crippen LogP contribution in [0.5, 0.6) is 0 Å². The maximum Gasteiger partial charge on any atom is 0.276 e. The van der Waals surface area contributed by atoms with Crippen molar-refractivity contribution >= 4 is 5.52 Å². The van der Waals surface area contributed by atoms with Crippen molar-refractivity contribution in [3.8, 4) is 11.3 Å². The fourth-order valence-corrected chi connectivity index (χ4v) is 4.03. The van der Waals surface area contributed by atoms with Crippen molar-refractivity contribution in [1.82, 2.24) is 14.2 Å². The van der Waals surface area contributed by atoms with Gasteiger partial charge >= 0.3 is 0 Å². The van der Waals surface area contributed by atoms with E-state index < -0.39 is 6.10 Å². The molecule has 0 aliphatic rings. The van der Waals surface area contributed by atoms with Gasteiger partial charge in [0, 0.05) is 18.0 Å². The number of aromatic nitrogens is 3. The first kappa shape index (κ1) is 19.2. The fourth-order valence-electron chi connectivity index (χ4n) is 4.03. The predicted octanol–water partition coefficient (Wildman–Crippen LogP) is 4.13. The van der Waals surface area contributed by atoms with E-state index in [0.717, 1.165) is 33.5 Å². The lowest BCUT2D eigenvalue weighted by Crippen LogP contribution is -2.24. The molecule has 1 atom stereocenters. The van der Waals surface area contributed by atoms with Gasteiger partial charge in [-0.3, -0.25) is 4.79 Å². The Morgan fingerprint density at radius 3 is 2.24 bits per heavy atom. The van der Waals surface area contributed by atoms with Gasteiger partial charge in [-0.2, -0.15) is 5.10 Å².